The normalized spacial score (nSPS) is 17.4. The second-order valence-electron chi connectivity index (χ2n) is 5.04. The van der Waals surface area contributed by atoms with Gasteiger partial charge in [0.1, 0.15) is 18.1 Å². The minimum atomic E-state index is 0.368. The fourth-order valence-corrected chi connectivity index (χ4v) is 2.51. The summed E-state index contributed by atoms with van der Waals surface area (Å²) in [6.45, 7) is 1.60. The molecule has 0 bridgehead atoms. The molecule has 1 heterocycles. The third-order valence-electron chi connectivity index (χ3n) is 3.68. The van der Waals surface area contributed by atoms with Gasteiger partial charge >= 0.3 is 0 Å². The third kappa shape index (κ3) is 2.94. The van der Waals surface area contributed by atoms with Crippen LogP contribution in [0.5, 0.6) is 11.5 Å². The molecule has 104 valence electrons. The smallest absolute Gasteiger partial charge is 0.119 e. The van der Waals surface area contributed by atoms with Gasteiger partial charge in [0.05, 0.1) is 7.11 Å². The van der Waals surface area contributed by atoms with Gasteiger partial charge in [-0.1, -0.05) is 24.3 Å². The average Bonchev–Trinajstić information content (AvgIpc) is 2.53. The van der Waals surface area contributed by atoms with E-state index in [1.165, 1.54) is 11.1 Å². The first-order valence-electron chi connectivity index (χ1n) is 6.92. The summed E-state index contributed by atoms with van der Waals surface area (Å²) >= 11 is 0. The molecule has 0 saturated heterocycles. The molecule has 1 aliphatic heterocycles. The van der Waals surface area contributed by atoms with Gasteiger partial charge in [0.25, 0.3) is 0 Å². The minimum absolute atomic E-state index is 0.368. The van der Waals surface area contributed by atoms with Crippen molar-refractivity contribution in [3.63, 3.8) is 0 Å². The molecular weight excluding hydrogens is 250 g/mol. The van der Waals surface area contributed by atoms with Gasteiger partial charge in [0, 0.05) is 12.6 Å². The molecule has 1 aliphatic rings. The van der Waals surface area contributed by atoms with Crippen LogP contribution in [0.1, 0.15) is 11.1 Å². The molecule has 0 aromatic heterocycles. The Hall–Kier alpha value is -2.00. The van der Waals surface area contributed by atoms with Crippen molar-refractivity contribution in [1.29, 1.82) is 0 Å². The van der Waals surface area contributed by atoms with Gasteiger partial charge in [-0.2, -0.15) is 0 Å². The molecular formula is C17H19NO2. The Morgan fingerprint density at radius 3 is 2.45 bits per heavy atom. The van der Waals surface area contributed by atoms with Gasteiger partial charge in [-0.3, -0.25) is 0 Å². The number of hydrogen-bond acceptors (Lipinski definition) is 3. The van der Waals surface area contributed by atoms with Gasteiger partial charge in [0.15, 0.2) is 0 Å². The van der Waals surface area contributed by atoms with Crippen LogP contribution < -0.4 is 14.8 Å². The monoisotopic (exact) mass is 269 g/mol. The Morgan fingerprint density at radius 2 is 1.70 bits per heavy atom. The molecule has 20 heavy (non-hydrogen) atoms. The molecule has 0 fully saturated rings. The molecule has 1 unspecified atom stereocenters. The van der Waals surface area contributed by atoms with E-state index in [2.05, 4.69) is 29.6 Å². The summed E-state index contributed by atoms with van der Waals surface area (Å²) in [5.41, 5.74) is 2.82. The third-order valence-corrected chi connectivity index (χ3v) is 3.68. The Kier molecular flexibility index (Phi) is 3.88. The van der Waals surface area contributed by atoms with Crippen LogP contribution >= 0.6 is 0 Å². The lowest BCUT2D eigenvalue weighted by molar-refractivity contribution is 0.256. The SMILES string of the molecule is COc1ccc(OCC2Cc3ccccc3CN2)cc1. The van der Waals surface area contributed by atoms with E-state index in [1.807, 2.05) is 24.3 Å². The number of methoxy groups -OCH3 is 1. The van der Waals surface area contributed by atoms with Crippen LogP contribution in [0.3, 0.4) is 0 Å². The fraction of sp³-hybridized carbons (Fsp3) is 0.294. The summed E-state index contributed by atoms with van der Waals surface area (Å²) in [4.78, 5) is 0. The second kappa shape index (κ2) is 5.97. The van der Waals surface area contributed by atoms with Crippen molar-refractivity contribution in [3.8, 4) is 11.5 Å². The molecule has 1 atom stereocenters. The molecule has 0 aliphatic carbocycles. The van der Waals surface area contributed by atoms with Crippen LogP contribution in [0.4, 0.5) is 0 Å². The predicted octanol–water partition coefficient (Wildman–Crippen LogP) is 2.79. The highest BCUT2D eigenvalue weighted by Crippen LogP contribution is 2.19. The van der Waals surface area contributed by atoms with Crippen LogP contribution in [0.15, 0.2) is 48.5 Å². The van der Waals surface area contributed by atoms with E-state index >= 15 is 0 Å². The molecule has 3 heteroatoms. The van der Waals surface area contributed by atoms with Crippen molar-refractivity contribution in [2.24, 2.45) is 0 Å². The van der Waals surface area contributed by atoms with E-state index < -0.39 is 0 Å². The Morgan fingerprint density at radius 1 is 1.00 bits per heavy atom. The number of ether oxygens (including phenoxy) is 2. The summed E-state index contributed by atoms with van der Waals surface area (Å²) in [5.74, 6) is 1.73. The van der Waals surface area contributed by atoms with Crippen LogP contribution in [-0.2, 0) is 13.0 Å². The van der Waals surface area contributed by atoms with Crippen LogP contribution in [0.25, 0.3) is 0 Å². The first-order valence-corrected chi connectivity index (χ1v) is 6.92. The Balaban J connectivity index is 1.57. The molecule has 2 aromatic rings. The summed E-state index contributed by atoms with van der Waals surface area (Å²) in [6.07, 6.45) is 1.02. The standard InChI is InChI=1S/C17H19NO2/c1-19-16-6-8-17(9-7-16)20-12-15-10-13-4-2-3-5-14(13)11-18-15/h2-9,15,18H,10-12H2,1H3. The molecule has 0 amide bonds. The van der Waals surface area contributed by atoms with Crippen molar-refractivity contribution >= 4 is 0 Å². The van der Waals surface area contributed by atoms with Gasteiger partial charge in [0.2, 0.25) is 0 Å². The van der Waals surface area contributed by atoms with Gasteiger partial charge in [-0.15, -0.1) is 0 Å². The van der Waals surface area contributed by atoms with Crippen molar-refractivity contribution in [3.05, 3.63) is 59.7 Å². The van der Waals surface area contributed by atoms with E-state index in [4.69, 9.17) is 9.47 Å². The fourth-order valence-electron chi connectivity index (χ4n) is 2.51. The van der Waals surface area contributed by atoms with Crippen LogP contribution in [0.2, 0.25) is 0 Å². The lowest BCUT2D eigenvalue weighted by atomic mass is 9.96. The van der Waals surface area contributed by atoms with E-state index in [0.29, 0.717) is 12.6 Å². The number of benzene rings is 2. The topological polar surface area (TPSA) is 30.5 Å². The van der Waals surface area contributed by atoms with Crippen molar-refractivity contribution in [2.45, 2.75) is 19.0 Å². The first-order chi connectivity index (χ1) is 9.85. The second-order valence-corrected chi connectivity index (χ2v) is 5.04. The maximum atomic E-state index is 5.84. The maximum absolute atomic E-state index is 5.84. The highest BCUT2D eigenvalue weighted by molar-refractivity contribution is 5.32. The number of nitrogens with one attached hydrogen (secondary N) is 1. The summed E-state index contributed by atoms with van der Waals surface area (Å²) < 4.78 is 11.0. The van der Waals surface area contributed by atoms with E-state index in [9.17, 15) is 0 Å². The molecule has 3 nitrogen and oxygen atoms in total. The molecule has 0 spiro atoms. The highest BCUT2D eigenvalue weighted by Gasteiger charge is 2.17. The van der Waals surface area contributed by atoms with Crippen molar-refractivity contribution in [2.75, 3.05) is 13.7 Å². The minimum Gasteiger partial charge on any atom is -0.497 e. The van der Waals surface area contributed by atoms with Gasteiger partial charge < -0.3 is 14.8 Å². The Labute approximate surface area is 119 Å². The quantitative estimate of drug-likeness (QED) is 0.926. The lowest BCUT2D eigenvalue weighted by Crippen LogP contribution is -2.39. The molecule has 2 aromatic carbocycles. The summed E-state index contributed by atoms with van der Waals surface area (Å²) in [6, 6.07) is 16.7. The number of fused-ring (bicyclic) bond motifs is 1. The zero-order chi connectivity index (χ0) is 13.8. The molecule has 0 radical (unpaired) electrons. The maximum Gasteiger partial charge on any atom is 0.119 e. The van der Waals surface area contributed by atoms with E-state index in [-0.39, 0.29) is 0 Å². The highest BCUT2D eigenvalue weighted by atomic mass is 16.5. The van der Waals surface area contributed by atoms with Crippen molar-refractivity contribution < 1.29 is 9.47 Å². The van der Waals surface area contributed by atoms with Gasteiger partial charge in [-0.05, 0) is 41.8 Å². The number of rotatable bonds is 4. The predicted molar refractivity (Wildman–Crippen MR) is 79.3 cm³/mol. The molecule has 1 N–H and O–H groups in total. The zero-order valence-corrected chi connectivity index (χ0v) is 11.6. The van der Waals surface area contributed by atoms with Crippen molar-refractivity contribution in [1.82, 2.24) is 5.32 Å². The van der Waals surface area contributed by atoms with E-state index in [1.54, 1.807) is 7.11 Å². The van der Waals surface area contributed by atoms with Crippen LogP contribution in [0, 0.1) is 0 Å². The largest absolute Gasteiger partial charge is 0.497 e. The average molecular weight is 269 g/mol. The van der Waals surface area contributed by atoms with E-state index in [0.717, 1.165) is 24.5 Å². The Bertz CT molecular complexity index is 565. The number of hydrogen-bond donors (Lipinski definition) is 1. The summed E-state index contributed by atoms with van der Waals surface area (Å²) in [7, 11) is 1.67. The molecule has 3 rings (SSSR count). The zero-order valence-electron chi connectivity index (χ0n) is 11.6. The van der Waals surface area contributed by atoms with Gasteiger partial charge in [-0.25, -0.2) is 0 Å². The van der Waals surface area contributed by atoms with Crippen LogP contribution in [-0.4, -0.2) is 19.8 Å². The molecule has 0 saturated carbocycles. The summed E-state index contributed by atoms with van der Waals surface area (Å²) in [5, 5.41) is 3.52. The lowest BCUT2D eigenvalue weighted by Gasteiger charge is -2.26. The first kappa shape index (κ1) is 13.0.